The van der Waals surface area contributed by atoms with Crippen molar-refractivity contribution in [2.75, 3.05) is 16.5 Å². The number of rotatable bonds is 6. The van der Waals surface area contributed by atoms with Crippen molar-refractivity contribution in [1.29, 1.82) is 0 Å². The molecule has 0 N–H and O–H groups in total. The average Bonchev–Trinajstić information content (AvgIpc) is 3.68. The van der Waals surface area contributed by atoms with Crippen LogP contribution in [0.4, 0.5) is 17.1 Å². The maximum atomic E-state index is 4.99. The van der Waals surface area contributed by atoms with E-state index in [9.17, 15) is 0 Å². The molecule has 0 radical (unpaired) electrons. The first-order chi connectivity index (χ1) is 24.0. The molecule has 0 unspecified atom stereocenters. The second kappa shape index (κ2) is 12.0. The van der Waals surface area contributed by atoms with Gasteiger partial charge in [-0.15, -0.1) is 0 Å². The second-order valence-electron chi connectivity index (χ2n) is 15.6. The van der Waals surface area contributed by atoms with Crippen molar-refractivity contribution in [2.24, 2.45) is 0 Å². The van der Waals surface area contributed by atoms with Crippen LogP contribution in [0.25, 0.3) is 38.8 Å². The Morgan fingerprint density at radius 2 is 1.36 bits per heavy atom. The molecule has 250 valence electrons. The Morgan fingerprint density at radius 3 is 2.16 bits per heavy atom. The van der Waals surface area contributed by atoms with Gasteiger partial charge in [0.1, 0.15) is 13.9 Å². The van der Waals surface area contributed by atoms with Crippen LogP contribution < -0.4 is 20.2 Å². The molecule has 7 aromatic rings. The lowest BCUT2D eigenvalue weighted by Crippen LogP contribution is -2.53. The van der Waals surface area contributed by atoms with E-state index in [1.54, 1.807) is 0 Å². The summed E-state index contributed by atoms with van der Waals surface area (Å²) in [5.74, 6) is 1.38. The first-order valence-electron chi connectivity index (χ1n) is 17.9. The van der Waals surface area contributed by atoms with Gasteiger partial charge in [0.05, 0.1) is 29.1 Å². The van der Waals surface area contributed by atoms with Gasteiger partial charge in [0.25, 0.3) is 0 Å². The highest BCUT2D eigenvalue weighted by molar-refractivity contribution is 7.00. The summed E-state index contributed by atoms with van der Waals surface area (Å²) in [6, 6.07) is 47.2. The van der Waals surface area contributed by atoms with E-state index in [2.05, 4.69) is 189 Å². The summed E-state index contributed by atoms with van der Waals surface area (Å²) in [4.78, 5) is 9.98. The van der Waals surface area contributed by atoms with Gasteiger partial charge < -0.3 is 9.80 Å². The Bertz CT molecular complexity index is 2380. The number of para-hydroxylation sites is 3. The predicted molar refractivity (Wildman–Crippen MR) is 217 cm³/mol. The van der Waals surface area contributed by atoms with E-state index in [-0.39, 0.29) is 5.54 Å². The Morgan fingerprint density at radius 1 is 0.660 bits per heavy atom. The van der Waals surface area contributed by atoms with Gasteiger partial charge in [-0.2, -0.15) is 0 Å². The molecule has 8 rings (SSSR count). The molecule has 50 heavy (non-hydrogen) atoms. The molecular weight excluding hydrogens is 625 g/mol. The van der Waals surface area contributed by atoms with E-state index in [1.165, 1.54) is 65.9 Å². The quantitative estimate of drug-likeness (QED) is 0.165. The summed E-state index contributed by atoms with van der Waals surface area (Å²) in [7, 11) is -2.13. The van der Waals surface area contributed by atoms with Crippen LogP contribution in [0.2, 0.25) is 13.1 Å². The van der Waals surface area contributed by atoms with Crippen LogP contribution in [0.15, 0.2) is 134 Å². The fourth-order valence-electron chi connectivity index (χ4n) is 7.82. The summed E-state index contributed by atoms with van der Waals surface area (Å²) < 4.78 is 2.37. The van der Waals surface area contributed by atoms with Gasteiger partial charge in [0, 0.05) is 28.2 Å². The van der Waals surface area contributed by atoms with Gasteiger partial charge in [-0.1, -0.05) is 116 Å². The smallest absolute Gasteiger partial charge is 0.138 e. The van der Waals surface area contributed by atoms with Crippen LogP contribution >= 0.6 is 0 Å². The molecule has 0 fully saturated rings. The van der Waals surface area contributed by atoms with Crippen molar-refractivity contribution in [3.05, 3.63) is 139 Å². The number of hydrogen-bond donors (Lipinski definition) is 0. The molecule has 0 aliphatic carbocycles. The monoisotopic (exact) mass is 670 g/mol. The van der Waals surface area contributed by atoms with Crippen LogP contribution in [0, 0.1) is 0 Å². The van der Waals surface area contributed by atoms with Crippen molar-refractivity contribution in [3.63, 3.8) is 0 Å². The molecule has 0 atom stereocenters. The SMILES string of the molecule is CC(C)c1ccccc1-c1ccnc(-n2c3ccccc3c3ccc([Si](C)(C)c4cccc(N5CN(C(C)(C)C)c6ccccc65)c4)cc32)c1. The fourth-order valence-corrected chi connectivity index (χ4v) is 10.2. The highest BCUT2D eigenvalue weighted by atomic mass is 28.3. The van der Waals surface area contributed by atoms with Crippen molar-refractivity contribution in [3.8, 4) is 16.9 Å². The van der Waals surface area contributed by atoms with Gasteiger partial charge in [0.15, 0.2) is 0 Å². The Hall–Kier alpha value is -5.13. The number of nitrogens with zero attached hydrogens (tertiary/aromatic N) is 4. The molecular formula is C45H46N4Si. The van der Waals surface area contributed by atoms with Crippen molar-refractivity contribution >= 4 is 57.3 Å². The third-order valence-electron chi connectivity index (χ3n) is 10.7. The van der Waals surface area contributed by atoms with Crippen molar-refractivity contribution in [1.82, 2.24) is 9.55 Å². The highest BCUT2D eigenvalue weighted by Gasteiger charge is 2.34. The van der Waals surface area contributed by atoms with Crippen LogP contribution in [0.1, 0.15) is 46.1 Å². The molecule has 0 spiro atoms. The van der Waals surface area contributed by atoms with E-state index in [4.69, 9.17) is 4.98 Å². The van der Waals surface area contributed by atoms with E-state index in [0.717, 1.165) is 12.5 Å². The predicted octanol–water partition coefficient (Wildman–Crippen LogP) is 10.5. The minimum Gasteiger partial charge on any atom is -0.347 e. The molecule has 2 aromatic heterocycles. The first kappa shape index (κ1) is 32.1. The highest BCUT2D eigenvalue weighted by Crippen LogP contribution is 2.43. The Balaban J connectivity index is 1.23. The maximum Gasteiger partial charge on any atom is 0.138 e. The number of pyridine rings is 1. The lowest BCUT2D eigenvalue weighted by atomic mass is 9.93. The molecule has 0 saturated carbocycles. The van der Waals surface area contributed by atoms with Crippen LogP contribution in [-0.2, 0) is 0 Å². The molecule has 0 amide bonds. The summed E-state index contributed by atoms with van der Waals surface area (Å²) in [6.45, 7) is 17.2. The topological polar surface area (TPSA) is 24.3 Å². The third-order valence-corrected chi connectivity index (χ3v) is 14.2. The van der Waals surface area contributed by atoms with Crippen LogP contribution in [-0.4, -0.2) is 29.8 Å². The molecule has 0 saturated heterocycles. The van der Waals surface area contributed by atoms with Crippen molar-refractivity contribution < 1.29 is 0 Å². The third kappa shape index (κ3) is 5.32. The van der Waals surface area contributed by atoms with Crippen LogP contribution in [0.3, 0.4) is 0 Å². The Kier molecular flexibility index (Phi) is 7.72. The van der Waals surface area contributed by atoms with Gasteiger partial charge >= 0.3 is 0 Å². The van der Waals surface area contributed by atoms with Crippen LogP contribution in [0.5, 0.6) is 0 Å². The van der Waals surface area contributed by atoms with E-state index >= 15 is 0 Å². The van der Waals surface area contributed by atoms with Gasteiger partial charge in [-0.3, -0.25) is 4.57 Å². The average molecular weight is 671 g/mol. The summed E-state index contributed by atoms with van der Waals surface area (Å²) >= 11 is 0. The zero-order chi connectivity index (χ0) is 34.8. The maximum absolute atomic E-state index is 4.99. The van der Waals surface area contributed by atoms with E-state index in [0.29, 0.717) is 5.92 Å². The largest absolute Gasteiger partial charge is 0.347 e. The molecule has 1 aliphatic rings. The summed E-state index contributed by atoms with van der Waals surface area (Å²) in [5.41, 5.74) is 10.1. The molecule has 1 aliphatic heterocycles. The van der Waals surface area contributed by atoms with E-state index < -0.39 is 8.07 Å². The first-order valence-corrected chi connectivity index (χ1v) is 20.9. The zero-order valence-corrected chi connectivity index (χ0v) is 31.3. The minimum atomic E-state index is -2.13. The number of hydrogen-bond acceptors (Lipinski definition) is 3. The second-order valence-corrected chi connectivity index (χ2v) is 20.0. The van der Waals surface area contributed by atoms with Gasteiger partial charge in [-0.05, 0) is 91.9 Å². The number of benzene rings is 5. The molecule has 5 heteroatoms. The molecule has 3 heterocycles. The van der Waals surface area contributed by atoms with Gasteiger partial charge in [0.2, 0.25) is 0 Å². The Labute approximate surface area is 297 Å². The molecule has 0 bridgehead atoms. The number of fused-ring (bicyclic) bond motifs is 4. The fraction of sp³-hybridized carbons (Fsp3) is 0.222. The van der Waals surface area contributed by atoms with Crippen molar-refractivity contribution in [2.45, 2.75) is 59.2 Å². The molecule has 5 aromatic carbocycles. The zero-order valence-electron chi connectivity index (χ0n) is 30.3. The summed E-state index contributed by atoms with van der Waals surface area (Å²) in [5, 5.41) is 5.34. The number of anilines is 3. The van der Waals surface area contributed by atoms with Gasteiger partial charge in [-0.25, -0.2) is 4.98 Å². The molecule has 4 nitrogen and oxygen atoms in total. The number of aromatic nitrogens is 2. The minimum absolute atomic E-state index is 0.0243. The standard InChI is InChI=1S/C45H46N4Si/c1-31(2)36-17-8-9-18-37(36)32-25-26-46-44(27-32)49-40-20-11-10-19-38(40)39-24-23-35(29-43(39)49)50(6,7)34-16-14-15-33(28-34)47-30-48(45(3,4)5)42-22-13-12-21-41(42)47/h8-29,31H,30H2,1-7H3. The van der Waals surface area contributed by atoms with E-state index in [1.807, 2.05) is 6.20 Å². The lowest BCUT2D eigenvalue weighted by molar-refractivity contribution is 0.518. The normalized spacial score (nSPS) is 13.5. The lowest BCUT2D eigenvalue weighted by Gasteiger charge is -2.34. The summed E-state index contributed by atoms with van der Waals surface area (Å²) in [6.07, 6.45) is 1.97.